The number of likely N-dealkylation sites (tertiary alicyclic amines) is 2. The van der Waals surface area contributed by atoms with Gasteiger partial charge in [0.25, 0.3) is 0 Å². The second-order valence-electron chi connectivity index (χ2n) is 5.85. The zero-order valence-corrected chi connectivity index (χ0v) is 12.1. The van der Waals surface area contributed by atoms with Crippen LogP contribution in [0.3, 0.4) is 0 Å². The first-order valence-corrected chi connectivity index (χ1v) is 7.65. The highest BCUT2D eigenvalue weighted by molar-refractivity contribution is 5.76. The highest BCUT2D eigenvalue weighted by atomic mass is 16.3. The third-order valence-corrected chi connectivity index (χ3v) is 4.42. The first-order valence-electron chi connectivity index (χ1n) is 7.65. The zero-order valence-electron chi connectivity index (χ0n) is 12.1. The Labute approximate surface area is 123 Å². The fourth-order valence-electron chi connectivity index (χ4n) is 3.23. The number of aliphatic hydroxyl groups is 1. The van der Waals surface area contributed by atoms with E-state index in [1.165, 1.54) is 25.6 Å². The molecule has 0 unspecified atom stereocenters. The minimum absolute atomic E-state index is 0.0593. The summed E-state index contributed by atoms with van der Waals surface area (Å²) >= 11 is 0. The topological polar surface area (TPSA) is 87.4 Å². The number of β-amino-alcohol motifs (C(OH)–C–C–N with tert-alkyl or cyclic N) is 1. The third kappa shape index (κ3) is 3.38. The molecule has 0 radical (unpaired) electrons. The molecule has 8 heteroatoms. The molecule has 1 aromatic heterocycles. The van der Waals surface area contributed by atoms with Crippen LogP contribution in [0.2, 0.25) is 0 Å². The van der Waals surface area contributed by atoms with E-state index in [0.717, 1.165) is 13.1 Å². The van der Waals surface area contributed by atoms with Crippen LogP contribution >= 0.6 is 0 Å². The lowest BCUT2D eigenvalue weighted by atomic mass is 10.1. The van der Waals surface area contributed by atoms with Crippen molar-refractivity contribution in [2.24, 2.45) is 0 Å². The number of hydrogen-bond donors (Lipinski definition) is 1. The number of aryl methyl sites for hydroxylation is 1. The number of carbonyl (C=O) groups is 1. The SMILES string of the molecule is O=C(CCn1cnnn1)N1C[C@H](O)[C@@H](N2CCCCC2)C1. The van der Waals surface area contributed by atoms with Gasteiger partial charge in [0.05, 0.1) is 18.7 Å². The maximum atomic E-state index is 12.2. The average Bonchev–Trinajstić information content (AvgIpc) is 3.15. The van der Waals surface area contributed by atoms with Crippen LogP contribution in [0.15, 0.2) is 6.33 Å². The van der Waals surface area contributed by atoms with Crippen molar-refractivity contribution in [2.45, 2.75) is 44.4 Å². The molecule has 0 aromatic carbocycles. The normalized spacial score (nSPS) is 27.2. The molecule has 0 bridgehead atoms. The van der Waals surface area contributed by atoms with E-state index >= 15 is 0 Å². The lowest BCUT2D eigenvalue weighted by molar-refractivity contribution is -0.130. The van der Waals surface area contributed by atoms with E-state index in [1.807, 2.05) is 0 Å². The minimum atomic E-state index is -0.430. The highest BCUT2D eigenvalue weighted by Gasteiger charge is 2.37. The van der Waals surface area contributed by atoms with Gasteiger partial charge in [0, 0.05) is 19.5 Å². The summed E-state index contributed by atoms with van der Waals surface area (Å²) < 4.78 is 1.55. The van der Waals surface area contributed by atoms with E-state index in [0.29, 0.717) is 26.1 Å². The Hall–Kier alpha value is -1.54. The smallest absolute Gasteiger partial charge is 0.224 e. The molecule has 3 heterocycles. The first-order chi connectivity index (χ1) is 10.2. The van der Waals surface area contributed by atoms with E-state index in [9.17, 15) is 9.90 Å². The van der Waals surface area contributed by atoms with Gasteiger partial charge in [0.1, 0.15) is 6.33 Å². The van der Waals surface area contributed by atoms with Crippen LogP contribution in [0.5, 0.6) is 0 Å². The van der Waals surface area contributed by atoms with Gasteiger partial charge in [-0.05, 0) is 36.4 Å². The van der Waals surface area contributed by atoms with Crippen LogP contribution in [0, 0.1) is 0 Å². The van der Waals surface area contributed by atoms with Gasteiger partial charge in [-0.1, -0.05) is 6.42 Å². The Morgan fingerprint density at radius 2 is 2.05 bits per heavy atom. The van der Waals surface area contributed by atoms with Crippen LogP contribution in [-0.4, -0.2) is 79.3 Å². The molecule has 0 saturated carbocycles. The second kappa shape index (κ2) is 6.48. The number of amides is 1. The van der Waals surface area contributed by atoms with E-state index < -0.39 is 6.10 Å². The molecule has 2 aliphatic heterocycles. The molecule has 1 aromatic rings. The van der Waals surface area contributed by atoms with Gasteiger partial charge in [0.15, 0.2) is 0 Å². The number of nitrogens with zero attached hydrogens (tertiary/aromatic N) is 6. The fourth-order valence-corrected chi connectivity index (χ4v) is 3.23. The summed E-state index contributed by atoms with van der Waals surface area (Å²) in [5, 5.41) is 21.1. The quantitative estimate of drug-likeness (QED) is 0.776. The Morgan fingerprint density at radius 1 is 1.24 bits per heavy atom. The summed E-state index contributed by atoms with van der Waals surface area (Å²) in [5.41, 5.74) is 0. The second-order valence-corrected chi connectivity index (χ2v) is 5.85. The van der Waals surface area contributed by atoms with Gasteiger partial charge in [-0.3, -0.25) is 9.69 Å². The molecule has 0 spiro atoms. The van der Waals surface area contributed by atoms with Crippen LogP contribution in [0.25, 0.3) is 0 Å². The van der Waals surface area contributed by atoms with Crippen LogP contribution in [0.1, 0.15) is 25.7 Å². The molecule has 2 atom stereocenters. The summed E-state index contributed by atoms with van der Waals surface area (Å²) in [4.78, 5) is 16.3. The van der Waals surface area contributed by atoms with E-state index in [2.05, 4.69) is 20.4 Å². The van der Waals surface area contributed by atoms with E-state index in [4.69, 9.17) is 0 Å². The molecular formula is C13H22N6O2. The number of tetrazole rings is 1. The summed E-state index contributed by atoms with van der Waals surface area (Å²) in [6.45, 7) is 3.63. The van der Waals surface area contributed by atoms with Crippen LogP contribution in [-0.2, 0) is 11.3 Å². The number of aromatic nitrogens is 4. The van der Waals surface area contributed by atoms with Gasteiger partial charge in [-0.25, -0.2) is 4.68 Å². The largest absolute Gasteiger partial charge is 0.390 e. The van der Waals surface area contributed by atoms with Crippen molar-refractivity contribution >= 4 is 5.91 Å². The standard InChI is InChI=1S/C13H22N6O2/c20-12-9-18(8-11(12)17-5-2-1-3-6-17)13(21)4-7-19-10-14-15-16-19/h10-12,20H,1-9H2/t11-,12-/m0/s1. The Balaban J connectivity index is 1.51. The molecule has 116 valence electrons. The predicted octanol–water partition coefficient (Wildman–Crippen LogP) is -0.879. The van der Waals surface area contributed by atoms with Gasteiger partial charge < -0.3 is 10.0 Å². The Morgan fingerprint density at radius 3 is 2.76 bits per heavy atom. The number of piperidine rings is 1. The highest BCUT2D eigenvalue weighted by Crippen LogP contribution is 2.21. The number of rotatable bonds is 4. The molecule has 8 nitrogen and oxygen atoms in total. The number of carbonyl (C=O) groups excluding carboxylic acids is 1. The Kier molecular flexibility index (Phi) is 4.45. The predicted molar refractivity (Wildman–Crippen MR) is 74.2 cm³/mol. The third-order valence-electron chi connectivity index (χ3n) is 4.42. The Bertz CT molecular complexity index is 459. The average molecular weight is 294 g/mol. The molecular weight excluding hydrogens is 272 g/mol. The summed E-state index contributed by atoms with van der Waals surface area (Å²) in [6, 6.07) is 0.0993. The van der Waals surface area contributed by atoms with E-state index in [1.54, 1.807) is 9.58 Å². The molecule has 0 aliphatic carbocycles. The maximum Gasteiger partial charge on any atom is 0.224 e. The van der Waals surface area contributed by atoms with Crippen molar-refractivity contribution in [1.82, 2.24) is 30.0 Å². The van der Waals surface area contributed by atoms with Gasteiger partial charge in [-0.15, -0.1) is 5.10 Å². The molecule has 2 aliphatic rings. The van der Waals surface area contributed by atoms with E-state index in [-0.39, 0.29) is 11.9 Å². The summed E-state index contributed by atoms with van der Waals surface area (Å²) in [6.07, 6.45) is 5.09. The van der Waals surface area contributed by atoms with Crippen molar-refractivity contribution in [3.8, 4) is 0 Å². The van der Waals surface area contributed by atoms with Gasteiger partial charge in [-0.2, -0.15) is 0 Å². The first kappa shape index (κ1) is 14.4. The van der Waals surface area contributed by atoms with Crippen molar-refractivity contribution < 1.29 is 9.90 Å². The van der Waals surface area contributed by atoms with Crippen molar-refractivity contribution in [3.63, 3.8) is 0 Å². The maximum absolute atomic E-state index is 12.2. The van der Waals surface area contributed by atoms with Crippen molar-refractivity contribution in [1.29, 1.82) is 0 Å². The molecule has 1 N–H and O–H groups in total. The zero-order chi connectivity index (χ0) is 14.7. The van der Waals surface area contributed by atoms with Crippen LogP contribution < -0.4 is 0 Å². The monoisotopic (exact) mass is 294 g/mol. The molecule has 3 rings (SSSR count). The number of aliphatic hydroxyl groups excluding tert-OH is 1. The lowest BCUT2D eigenvalue weighted by Crippen LogP contribution is -2.46. The molecule has 2 fully saturated rings. The molecule has 1 amide bonds. The van der Waals surface area contributed by atoms with Crippen molar-refractivity contribution in [2.75, 3.05) is 26.2 Å². The van der Waals surface area contributed by atoms with Gasteiger partial charge in [0.2, 0.25) is 5.91 Å². The van der Waals surface area contributed by atoms with Gasteiger partial charge >= 0.3 is 0 Å². The van der Waals surface area contributed by atoms with Crippen LogP contribution in [0.4, 0.5) is 0 Å². The number of hydrogen-bond acceptors (Lipinski definition) is 6. The summed E-state index contributed by atoms with van der Waals surface area (Å²) in [7, 11) is 0. The summed E-state index contributed by atoms with van der Waals surface area (Å²) in [5.74, 6) is 0.0593. The lowest BCUT2D eigenvalue weighted by Gasteiger charge is -2.33. The minimum Gasteiger partial charge on any atom is -0.390 e. The fraction of sp³-hybridized carbons (Fsp3) is 0.846. The molecule has 2 saturated heterocycles. The molecule has 21 heavy (non-hydrogen) atoms. The van der Waals surface area contributed by atoms with Crippen molar-refractivity contribution in [3.05, 3.63) is 6.33 Å².